The first-order valence-corrected chi connectivity index (χ1v) is 11.0. The van der Waals surface area contributed by atoms with Crippen LogP contribution in [0.15, 0.2) is 57.6 Å². The minimum Gasteiger partial charge on any atom is -0.482 e. The molecule has 3 aromatic rings. The van der Waals surface area contributed by atoms with Gasteiger partial charge in [0.25, 0.3) is 11.6 Å². The SMILES string of the molecule is Cc1cc(C)nc(Sc2ccc([N+](=O)[O-])cc2/C=N/NC(=O)COc2ccc(Cl)cc2Cl)n1. The summed E-state index contributed by atoms with van der Waals surface area (Å²) in [6.45, 7) is 3.36. The molecule has 2 aromatic carbocycles. The van der Waals surface area contributed by atoms with Crippen molar-refractivity contribution >= 4 is 52.8 Å². The molecule has 9 nitrogen and oxygen atoms in total. The second-order valence-corrected chi connectivity index (χ2v) is 8.52. The number of halogens is 2. The summed E-state index contributed by atoms with van der Waals surface area (Å²) in [5.74, 6) is -0.249. The number of aromatic nitrogens is 2. The van der Waals surface area contributed by atoms with Crippen molar-refractivity contribution in [3.63, 3.8) is 0 Å². The van der Waals surface area contributed by atoms with Crippen LogP contribution in [0, 0.1) is 24.0 Å². The van der Waals surface area contributed by atoms with Gasteiger partial charge in [-0.25, -0.2) is 15.4 Å². The van der Waals surface area contributed by atoms with E-state index in [0.717, 1.165) is 11.4 Å². The molecule has 1 aromatic heterocycles. The number of rotatable bonds is 8. The lowest BCUT2D eigenvalue weighted by Gasteiger charge is -2.08. The zero-order chi connectivity index (χ0) is 24.0. The van der Waals surface area contributed by atoms with E-state index in [1.54, 1.807) is 18.2 Å². The number of nitrogens with one attached hydrogen (secondary N) is 1. The topological polar surface area (TPSA) is 120 Å². The number of ether oxygens (including phenoxy) is 1. The molecule has 0 fully saturated rings. The van der Waals surface area contributed by atoms with E-state index in [-0.39, 0.29) is 17.3 Å². The maximum absolute atomic E-state index is 12.1. The van der Waals surface area contributed by atoms with Crippen LogP contribution >= 0.6 is 35.0 Å². The van der Waals surface area contributed by atoms with Crippen molar-refractivity contribution in [1.29, 1.82) is 0 Å². The lowest BCUT2D eigenvalue weighted by Crippen LogP contribution is -2.24. The smallest absolute Gasteiger partial charge is 0.277 e. The van der Waals surface area contributed by atoms with Gasteiger partial charge in [0.1, 0.15) is 5.75 Å². The summed E-state index contributed by atoms with van der Waals surface area (Å²) in [4.78, 5) is 32.1. The van der Waals surface area contributed by atoms with Crippen molar-refractivity contribution in [2.75, 3.05) is 6.61 Å². The average molecular weight is 506 g/mol. The number of hydrogen-bond acceptors (Lipinski definition) is 8. The first-order valence-electron chi connectivity index (χ1n) is 9.39. The molecule has 3 rings (SSSR count). The van der Waals surface area contributed by atoms with Crippen molar-refractivity contribution in [3.05, 3.63) is 79.6 Å². The van der Waals surface area contributed by atoms with Crippen molar-refractivity contribution in [2.45, 2.75) is 23.9 Å². The molecule has 1 amide bonds. The zero-order valence-electron chi connectivity index (χ0n) is 17.4. The Kier molecular flexibility index (Phi) is 8.21. The van der Waals surface area contributed by atoms with Gasteiger partial charge in [0.2, 0.25) is 0 Å². The first kappa shape index (κ1) is 24.4. The van der Waals surface area contributed by atoms with E-state index in [1.807, 2.05) is 19.9 Å². The van der Waals surface area contributed by atoms with Crippen LogP contribution in [0.25, 0.3) is 0 Å². The third-order valence-corrected chi connectivity index (χ3v) is 5.50. The summed E-state index contributed by atoms with van der Waals surface area (Å²) < 4.78 is 5.35. The highest BCUT2D eigenvalue weighted by atomic mass is 35.5. The van der Waals surface area contributed by atoms with E-state index in [9.17, 15) is 14.9 Å². The Morgan fingerprint density at radius 1 is 1.18 bits per heavy atom. The molecule has 33 heavy (non-hydrogen) atoms. The molecule has 0 bridgehead atoms. The van der Waals surface area contributed by atoms with Crippen molar-refractivity contribution in [2.24, 2.45) is 5.10 Å². The number of benzene rings is 2. The predicted octanol–water partition coefficient (Wildman–Crippen LogP) is 4.99. The summed E-state index contributed by atoms with van der Waals surface area (Å²) in [6.07, 6.45) is 1.31. The van der Waals surface area contributed by atoms with Gasteiger partial charge in [-0.05, 0) is 55.9 Å². The molecule has 0 aliphatic heterocycles. The van der Waals surface area contributed by atoms with Gasteiger partial charge in [-0.1, -0.05) is 23.2 Å². The Bertz CT molecular complexity index is 1220. The largest absolute Gasteiger partial charge is 0.482 e. The standard InChI is InChI=1S/C21H17Cl2N5O4S/c1-12-7-13(2)26-21(25-12)33-19-6-4-16(28(30)31)8-14(19)10-24-27-20(29)11-32-18-5-3-15(22)9-17(18)23/h3-10H,11H2,1-2H3,(H,27,29)/b24-10+. The molecule has 12 heteroatoms. The van der Waals surface area contributed by atoms with Crippen molar-refractivity contribution < 1.29 is 14.5 Å². The number of aryl methyl sites for hydroxylation is 2. The first-order chi connectivity index (χ1) is 15.7. The summed E-state index contributed by atoms with van der Waals surface area (Å²) >= 11 is 13.1. The summed E-state index contributed by atoms with van der Waals surface area (Å²) in [5, 5.41) is 16.3. The molecule has 0 saturated carbocycles. The number of hydrazone groups is 1. The number of carbonyl (C=O) groups is 1. The van der Waals surface area contributed by atoms with E-state index in [1.165, 1.54) is 36.2 Å². The Morgan fingerprint density at radius 2 is 1.91 bits per heavy atom. The van der Waals surface area contributed by atoms with Crippen LogP contribution in [-0.2, 0) is 4.79 Å². The number of carbonyl (C=O) groups excluding carboxylic acids is 1. The molecular weight excluding hydrogens is 489 g/mol. The second kappa shape index (κ2) is 11.1. The van der Waals surface area contributed by atoms with E-state index < -0.39 is 10.8 Å². The lowest BCUT2D eigenvalue weighted by molar-refractivity contribution is -0.384. The molecule has 0 aliphatic rings. The number of hydrogen-bond donors (Lipinski definition) is 1. The van der Waals surface area contributed by atoms with Gasteiger partial charge < -0.3 is 4.74 Å². The highest BCUT2D eigenvalue weighted by Crippen LogP contribution is 2.30. The molecule has 1 heterocycles. The van der Waals surface area contributed by atoms with E-state index in [2.05, 4.69) is 20.5 Å². The summed E-state index contributed by atoms with van der Waals surface area (Å²) in [7, 11) is 0. The normalized spacial score (nSPS) is 10.9. The van der Waals surface area contributed by atoms with Gasteiger partial charge in [0.15, 0.2) is 11.8 Å². The molecule has 0 radical (unpaired) electrons. The Morgan fingerprint density at radius 3 is 2.58 bits per heavy atom. The minimum absolute atomic E-state index is 0.116. The van der Waals surface area contributed by atoms with Gasteiger partial charge in [-0.2, -0.15) is 5.10 Å². The molecular formula is C21H17Cl2N5O4S. The maximum Gasteiger partial charge on any atom is 0.277 e. The molecule has 1 N–H and O–H groups in total. The fourth-order valence-corrected chi connectivity index (χ4v) is 4.03. The number of nitrogens with zero attached hydrogens (tertiary/aromatic N) is 4. The Hall–Kier alpha value is -3.21. The molecule has 170 valence electrons. The highest BCUT2D eigenvalue weighted by Gasteiger charge is 2.13. The summed E-state index contributed by atoms with van der Waals surface area (Å²) in [5.41, 5.74) is 4.22. The molecule has 0 unspecified atom stereocenters. The van der Waals surface area contributed by atoms with Gasteiger partial charge in [-0.3, -0.25) is 14.9 Å². The van der Waals surface area contributed by atoms with Crippen LogP contribution in [0.1, 0.15) is 17.0 Å². The maximum atomic E-state index is 12.1. The third-order valence-electron chi connectivity index (χ3n) is 4.01. The van der Waals surface area contributed by atoms with Gasteiger partial charge in [0, 0.05) is 39.0 Å². The van der Waals surface area contributed by atoms with Crippen LogP contribution in [-0.4, -0.2) is 33.6 Å². The van der Waals surface area contributed by atoms with E-state index >= 15 is 0 Å². The minimum atomic E-state index is -0.547. The summed E-state index contributed by atoms with van der Waals surface area (Å²) in [6, 6.07) is 10.8. The molecule has 0 aliphatic carbocycles. The number of amides is 1. The second-order valence-electron chi connectivity index (χ2n) is 6.67. The third kappa shape index (κ3) is 7.14. The zero-order valence-corrected chi connectivity index (χ0v) is 19.7. The van der Waals surface area contributed by atoms with Gasteiger partial charge in [-0.15, -0.1) is 0 Å². The monoisotopic (exact) mass is 505 g/mol. The number of nitro benzene ring substituents is 1. The predicted molar refractivity (Wildman–Crippen MR) is 126 cm³/mol. The number of nitro groups is 1. The fourth-order valence-electron chi connectivity index (χ4n) is 2.62. The van der Waals surface area contributed by atoms with Crippen LogP contribution in [0.3, 0.4) is 0 Å². The van der Waals surface area contributed by atoms with Crippen molar-refractivity contribution in [1.82, 2.24) is 15.4 Å². The van der Waals surface area contributed by atoms with Gasteiger partial charge in [0.05, 0.1) is 16.2 Å². The van der Waals surface area contributed by atoms with E-state index in [4.69, 9.17) is 27.9 Å². The van der Waals surface area contributed by atoms with Crippen LogP contribution in [0.5, 0.6) is 5.75 Å². The average Bonchev–Trinajstić information content (AvgIpc) is 2.73. The van der Waals surface area contributed by atoms with Crippen LogP contribution < -0.4 is 10.2 Å². The van der Waals surface area contributed by atoms with Gasteiger partial charge >= 0.3 is 0 Å². The van der Waals surface area contributed by atoms with Crippen molar-refractivity contribution in [3.8, 4) is 5.75 Å². The lowest BCUT2D eigenvalue weighted by atomic mass is 10.2. The molecule has 0 spiro atoms. The highest BCUT2D eigenvalue weighted by molar-refractivity contribution is 7.99. The Labute approximate surface area is 203 Å². The van der Waals surface area contributed by atoms with E-state index in [0.29, 0.717) is 26.4 Å². The quantitative estimate of drug-likeness (QED) is 0.198. The van der Waals surface area contributed by atoms with Crippen LogP contribution in [0.2, 0.25) is 10.0 Å². The molecule has 0 saturated heterocycles. The number of non-ortho nitro benzene ring substituents is 1. The molecule has 0 atom stereocenters. The Balaban J connectivity index is 1.71. The fraction of sp³-hybridized carbons (Fsp3) is 0.143. The van der Waals surface area contributed by atoms with Crippen LogP contribution in [0.4, 0.5) is 5.69 Å².